The summed E-state index contributed by atoms with van der Waals surface area (Å²) >= 11 is 0. The third-order valence-corrected chi connectivity index (χ3v) is 6.89. The van der Waals surface area contributed by atoms with Crippen molar-refractivity contribution >= 4 is 24.0 Å². The zero-order valence-corrected chi connectivity index (χ0v) is 20.9. The summed E-state index contributed by atoms with van der Waals surface area (Å²) < 4.78 is 35.1. The summed E-state index contributed by atoms with van der Waals surface area (Å²) in [7, 11) is 1.65. The summed E-state index contributed by atoms with van der Waals surface area (Å²) in [5, 5.41) is 7.74. The van der Waals surface area contributed by atoms with Gasteiger partial charge < -0.3 is 19.9 Å². The molecule has 192 valence electrons. The average molecular weight is 518 g/mol. The summed E-state index contributed by atoms with van der Waals surface area (Å²) in [5.41, 5.74) is 2.42. The van der Waals surface area contributed by atoms with Gasteiger partial charge in [0.15, 0.2) is 5.82 Å². The quantitative estimate of drug-likeness (QED) is 0.554. The number of aromatic nitrogens is 2. The second-order valence-electron chi connectivity index (χ2n) is 8.96. The number of piperazine rings is 1. The number of hydrogen-bond acceptors (Lipinski definition) is 5. The van der Waals surface area contributed by atoms with Crippen LogP contribution in [0.4, 0.5) is 14.5 Å². The minimum Gasteiger partial charge on any atom is -0.497 e. The van der Waals surface area contributed by atoms with Gasteiger partial charge in [-0.3, -0.25) is 4.79 Å². The number of halogens is 3. The molecule has 7 nitrogen and oxygen atoms in total. The van der Waals surface area contributed by atoms with Crippen molar-refractivity contribution in [2.45, 2.75) is 18.8 Å². The van der Waals surface area contributed by atoms with E-state index in [1.165, 1.54) is 23.0 Å². The molecule has 2 fully saturated rings. The molecule has 2 saturated heterocycles. The van der Waals surface area contributed by atoms with Gasteiger partial charge >= 0.3 is 0 Å². The molecule has 0 radical (unpaired) electrons. The Morgan fingerprint density at radius 2 is 1.81 bits per heavy atom. The fraction of sp³-hybridized carbons (Fsp3) is 0.385. The van der Waals surface area contributed by atoms with Crippen LogP contribution in [0.2, 0.25) is 0 Å². The molecular formula is C26H30ClF2N5O2. The van der Waals surface area contributed by atoms with Gasteiger partial charge in [-0.2, -0.15) is 5.10 Å². The van der Waals surface area contributed by atoms with Gasteiger partial charge in [-0.25, -0.2) is 13.5 Å². The van der Waals surface area contributed by atoms with Crippen molar-refractivity contribution in [3.8, 4) is 11.4 Å². The second kappa shape index (κ2) is 11.3. The van der Waals surface area contributed by atoms with Crippen molar-refractivity contribution in [1.82, 2.24) is 20.0 Å². The standard InChI is InChI=1S/C26H29F2N5O2.ClH/c1-35-21-4-2-3-20(16-21)31-11-13-32(14-12-31)26(34)22-17-30-33(24-6-5-19(27)15-23(24)28)25(22)18-7-9-29-10-8-18;/h2-6,15-18,29H,7-14H2,1H3;1H. The highest BCUT2D eigenvalue weighted by molar-refractivity contribution is 5.95. The number of carbonyl (C=O) groups is 1. The number of nitrogens with one attached hydrogen (secondary N) is 1. The Morgan fingerprint density at radius 3 is 2.50 bits per heavy atom. The lowest BCUT2D eigenvalue weighted by Gasteiger charge is -2.36. The number of nitrogens with zero attached hydrogens (tertiary/aromatic N) is 4. The summed E-state index contributed by atoms with van der Waals surface area (Å²) in [5.74, 6) is -0.591. The largest absolute Gasteiger partial charge is 0.497 e. The van der Waals surface area contributed by atoms with Crippen LogP contribution in [0.3, 0.4) is 0 Å². The maximum Gasteiger partial charge on any atom is 0.257 e. The highest BCUT2D eigenvalue weighted by atomic mass is 35.5. The third-order valence-electron chi connectivity index (χ3n) is 6.89. The monoisotopic (exact) mass is 517 g/mol. The van der Waals surface area contributed by atoms with Crippen LogP contribution in [0.1, 0.15) is 34.8 Å². The fourth-order valence-electron chi connectivity index (χ4n) is 5.00. The van der Waals surface area contributed by atoms with Gasteiger partial charge in [0.2, 0.25) is 0 Å². The maximum atomic E-state index is 14.7. The van der Waals surface area contributed by atoms with Crippen LogP contribution < -0.4 is 15.0 Å². The Balaban J connectivity index is 0.00000304. The Bertz CT molecular complexity index is 1210. The van der Waals surface area contributed by atoms with Gasteiger partial charge in [-0.15, -0.1) is 12.4 Å². The number of anilines is 1. The highest BCUT2D eigenvalue weighted by Crippen LogP contribution is 2.32. The molecule has 0 saturated carbocycles. The molecule has 0 unspecified atom stereocenters. The van der Waals surface area contributed by atoms with E-state index in [9.17, 15) is 13.6 Å². The first-order valence-electron chi connectivity index (χ1n) is 12.0. The second-order valence-corrected chi connectivity index (χ2v) is 8.96. The lowest BCUT2D eigenvalue weighted by atomic mass is 9.91. The maximum absolute atomic E-state index is 14.7. The van der Waals surface area contributed by atoms with Gasteiger partial charge in [0.1, 0.15) is 17.3 Å². The molecule has 2 aliphatic heterocycles. The molecule has 1 amide bonds. The average Bonchev–Trinajstić information content (AvgIpc) is 3.33. The zero-order chi connectivity index (χ0) is 24.4. The lowest BCUT2D eigenvalue weighted by Crippen LogP contribution is -2.49. The van der Waals surface area contributed by atoms with Crippen LogP contribution in [0.5, 0.6) is 5.75 Å². The number of methoxy groups -OCH3 is 1. The van der Waals surface area contributed by atoms with Crippen LogP contribution in [-0.2, 0) is 0 Å². The van der Waals surface area contributed by atoms with Crippen molar-refractivity contribution in [3.63, 3.8) is 0 Å². The van der Waals surface area contributed by atoms with Crippen molar-refractivity contribution < 1.29 is 18.3 Å². The molecule has 1 aromatic heterocycles. The van der Waals surface area contributed by atoms with Crippen LogP contribution in [0.15, 0.2) is 48.7 Å². The topological polar surface area (TPSA) is 62.6 Å². The minimum atomic E-state index is -0.700. The van der Waals surface area contributed by atoms with Crippen molar-refractivity contribution in [2.24, 2.45) is 0 Å². The van der Waals surface area contributed by atoms with E-state index < -0.39 is 11.6 Å². The molecule has 1 N–H and O–H groups in total. The molecule has 2 aliphatic rings. The number of benzene rings is 2. The van der Waals surface area contributed by atoms with Gasteiger partial charge in [0.25, 0.3) is 5.91 Å². The number of carbonyl (C=O) groups excluding carboxylic acids is 1. The van der Waals surface area contributed by atoms with Crippen LogP contribution >= 0.6 is 12.4 Å². The van der Waals surface area contributed by atoms with E-state index in [2.05, 4.69) is 15.3 Å². The zero-order valence-electron chi connectivity index (χ0n) is 20.1. The normalized spacial score (nSPS) is 16.5. The Morgan fingerprint density at radius 1 is 1.06 bits per heavy atom. The molecule has 2 aromatic carbocycles. The van der Waals surface area contributed by atoms with Crippen molar-refractivity contribution in [3.05, 3.63) is 71.6 Å². The van der Waals surface area contributed by atoms with Crippen LogP contribution in [0.25, 0.3) is 5.69 Å². The molecule has 0 spiro atoms. The summed E-state index contributed by atoms with van der Waals surface area (Å²) in [6, 6.07) is 11.3. The Hall–Kier alpha value is -3.17. The van der Waals surface area contributed by atoms with Crippen LogP contribution in [-0.4, -0.2) is 67.0 Å². The molecule has 3 heterocycles. The highest BCUT2D eigenvalue weighted by Gasteiger charge is 2.31. The Labute approximate surface area is 215 Å². The summed E-state index contributed by atoms with van der Waals surface area (Å²) in [4.78, 5) is 17.7. The molecule has 36 heavy (non-hydrogen) atoms. The van der Waals surface area contributed by atoms with Crippen molar-refractivity contribution in [1.29, 1.82) is 0 Å². The molecule has 0 bridgehead atoms. The molecule has 5 rings (SSSR count). The van der Waals surface area contributed by atoms with E-state index in [0.717, 1.165) is 43.4 Å². The lowest BCUT2D eigenvalue weighted by molar-refractivity contribution is 0.0744. The first-order chi connectivity index (χ1) is 17.0. The molecule has 10 heteroatoms. The van der Waals surface area contributed by atoms with E-state index >= 15 is 0 Å². The first-order valence-corrected chi connectivity index (χ1v) is 12.0. The fourth-order valence-corrected chi connectivity index (χ4v) is 5.00. The van der Waals surface area contributed by atoms with Crippen molar-refractivity contribution in [2.75, 3.05) is 51.3 Å². The number of ether oxygens (including phenoxy) is 1. The van der Waals surface area contributed by atoms with E-state index in [1.807, 2.05) is 29.2 Å². The Kier molecular flexibility index (Phi) is 8.11. The molecule has 0 aliphatic carbocycles. The number of hydrogen-bond donors (Lipinski definition) is 1. The SMILES string of the molecule is COc1cccc(N2CCN(C(=O)c3cnn(-c4ccc(F)cc4F)c3C3CCNCC3)CC2)c1.Cl. The van der Waals surface area contributed by atoms with Crippen LogP contribution in [0, 0.1) is 11.6 Å². The summed E-state index contributed by atoms with van der Waals surface area (Å²) in [6.07, 6.45) is 3.17. The summed E-state index contributed by atoms with van der Waals surface area (Å²) in [6.45, 7) is 4.16. The molecule has 0 atom stereocenters. The van der Waals surface area contributed by atoms with Gasteiger partial charge in [-0.05, 0) is 50.2 Å². The van der Waals surface area contributed by atoms with E-state index in [1.54, 1.807) is 7.11 Å². The number of piperidine rings is 1. The van der Waals surface area contributed by atoms with Gasteiger partial charge in [-0.1, -0.05) is 6.07 Å². The predicted octanol–water partition coefficient (Wildman–Crippen LogP) is 4.01. The molecule has 3 aromatic rings. The number of amides is 1. The third kappa shape index (κ3) is 5.17. The number of rotatable bonds is 5. The van der Waals surface area contributed by atoms with E-state index in [4.69, 9.17) is 4.74 Å². The van der Waals surface area contributed by atoms with Gasteiger partial charge in [0, 0.05) is 49.9 Å². The van der Waals surface area contributed by atoms with E-state index in [-0.39, 0.29) is 29.9 Å². The first kappa shape index (κ1) is 25.9. The molecular weight excluding hydrogens is 488 g/mol. The van der Waals surface area contributed by atoms with Gasteiger partial charge in [0.05, 0.1) is 24.6 Å². The predicted molar refractivity (Wildman–Crippen MR) is 137 cm³/mol. The minimum absolute atomic E-state index is 0. The van der Waals surface area contributed by atoms with E-state index in [0.29, 0.717) is 37.4 Å². The smallest absolute Gasteiger partial charge is 0.257 e.